The van der Waals surface area contributed by atoms with Crippen molar-refractivity contribution in [2.24, 2.45) is 0 Å². The average Bonchev–Trinajstić information content (AvgIpc) is 2.48. The van der Waals surface area contributed by atoms with Gasteiger partial charge in [0.25, 0.3) is 0 Å². The second-order valence-corrected chi connectivity index (χ2v) is 4.96. The lowest BCUT2D eigenvalue weighted by Crippen LogP contribution is -2.13. The van der Waals surface area contributed by atoms with Gasteiger partial charge in [-0.15, -0.1) is 11.3 Å². The Morgan fingerprint density at radius 3 is 2.69 bits per heavy atom. The van der Waals surface area contributed by atoms with Gasteiger partial charge in [-0.2, -0.15) is 0 Å². The van der Waals surface area contributed by atoms with Gasteiger partial charge < -0.3 is 0 Å². The van der Waals surface area contributed by atoms with Crippen LogP contribution in [0.3, 0.4) is 0 Å². The van der Waals surface area contributed by atoms with Crippen LogP contribution in [0.25, 0.3) is 10.2 Å². The Balaban J connectivity index is 2.75. The van der Waals surface area contributed by atoms with Crippen LogP contribution in [0.15, 0.2) is 17.8 Å². The Bertz CT molecular complexity index is 426. The van der Waals surface area contributed by atoms with Crippen LogP contribution in [0.2, 0.25) is 0 Å². The number of hydrogen-bond donors (Lipinski definition) is 0. The van der Waals surface area contributed by atoms with Crippen LogP contribution in [-0.4, -0.2) is 9.97 Å². The largest absolute Gasteiger partial charge is 0.259 e. The summed E-state index contributed by atoms with van der Waals surface area (Å²) < 4.78 is 1.22. The van der Waals surface area contributed by atoms with Crippen molar-refractivity contribution in [1.82, 2.24) is 9.97 Å². The first-order valence-corrected chi connectivity index (χ1v) is 5.16. The third-order valence-electron chi connectivity index (χ3n) is 1.96. The van der Waals surface area contributed by atoms with Crippen molar-refractivity contribution in [1.29, 1.82) is 0 Å². The monoisotopic (exact) mass is 192 g/mol. The first kappa shape index (κ1) is 8.63. The van der Waals surface area contributed by atoms with E-state index in [9.17, 15) is 0 Å². The number of aromatic nitrogens is 2. The molecule has 0 saturated heterocycles. The van der Waals surface area contributed by atoms with Gasteiger partial charge in [-0.3, -0.25) is 4.98 Å². The van der Waals surface area contributed by atoms with E-state index in [-0.39, 0.29) is 5.41 Å². The molecule has 3 heteroatoms. The molecule has 2 nitrogen and oxygen atoms in total. The summed E-state index contributed by atoms with van der Waals surface area (Å²) in [5, 5.41) is 0. The molecule has 0 aliphatic heterocycles. The molecule has 2 aromatic rings. The number of nitrogens with zero attached hydrogens (tertiary/aromatic N) is 2. The van der Waals surface area contributed by atoms with Crippen molar-refractivity contribution in [3.63, 3.8) is 0 Å². The summed E-state index contributed by atoms with van der Waals surface area (Å²) in [5.41, 5.74) is 4.19. The van der Waals surface area contributed by atoms with Crippen LogP contribution in [-0.2, 0) is 5.41 Å². The minimum absolute atomic E-state index is 0.103. The predicted octanol–water partition coefficient (Wildman–Crippen LogP) is 2.99. The van der Waals surface area contributed by atoms with E-state index in [1.165, 1.54) is 4.70 Å². The number of fused-ring (bicyclic) bond motifs is 1. The van der Waals surface area contributed by atoms with Crippen molar-refractivity contribution < 1.29 is 0 Å². The third-order valence-corrected chi connectivity index (χ3v) is 2.81. The maximum atomic E-state index is 4.42. The number of thiazole rings is 1. The van der Waals surface area contributed by atoms with Crippen molar-refractivity contribution in [3.05, 3.63) is 23.5 Å². The van der Waals surface area contributed by atoms with E-state index in [1.54, 1.807) is 11.3 Å². The molecule has 0 radical (unpaired) electrons. The molecule has 0 aromatic carbocycles. The Kier molecular flexibility index (Phi) is 1.84. The summed E-state index contributed by atoms with van der Waals surface area (Å²) in [6.07, 6.45) is 1.84. The molecule has 0 aliphatic carbocycles. The SMILES string of the molecule is CC(C)(C)c1nccc2ncsc12. The first-order valence-electron chi connectivity index (χ1n) is 4.28. The molecule has 2 heterocycles. The Morgan fingerprint density at radius 2 is 2.00 bits per heavy atom. The summed E-state index contributed by atoms with van der Waals surface area (Å²) in [5.74, 6) is 0. The summed E-state index contributed by atoms with van der Waals surface area (Å²) >= 11 is 1.67. The average molecular weight is 192 g/mol. The maximum Gasteiger partial charge on any atom is 0.0846 e. The molecule has 0 atom stereocenters. The zero-order chi connectivity index (χ0) is 9.47. The highest BCUT2D eigenvalue weighted by Gasteiger charge is 2.19. The van der Waals surface area contributed by atoms with Crippen LogP contribution in [0, 0.1) is 0 Å². The van der Waals surface area contributed by atoms with Gasteiger partial charge in [-0.05, 0) is 6.07 Å². The summed E-state index contributed by atoms with van der Waals surface area (Å²) in [6.45, 7) is 6.53. The summed E-state index contributed by atoms with van der Waals surface area (Å²) in [6, 6.07) is 1.96. The lowest BCUT2D eigenvalue weighted by molar-refractivity contribution is 0.576. The van der Waals surface area contributed by atoms with E-state index in [0.717, 1.165) is 11.2 Å². The highest BCUT2D eigenvalue weighted by Crippen LogP contribution is 2.29. The quantitative estimate of drug-likeness (QED) is 0.641. The molecule has 2 aromatic heterocycles. The van der Waals surface area contributed by atoms with E-state index in [1.807, 2.05) is 17.8 Å². The molecule has 0 bridgehead atoms. The van der Waals surface area contributed by atoms with Crippen molar-refractivity contribution in [2.45, 2.75) is 26.2 Å². The summed E-state index contributed by atoms with van der Waals surface area (Å²) in [7, 11) is 0. The minimum atomic E-state index is 0.103. The lowest BCUT2D eigenvalue weighted by Gasteiger charge is -2.17. The van der Waals surface area contributed by atoms with Crippen LogP contribution in [0.1, 0.15) is 26.5 Å². The maximum absolute atomic E-state index is 4.42. The van der Waals surface area contributed by atoms with Gasteiger partial charge in [-0.1, -0.05) is 20.8 Å². The topological polar surface area (TPSA) is 25.8 Å². The number of hydrogen-bond acceptors (Lipinski definition) is 3. The summed E-state index contributed by atoms with van der Waals surface area (Å²) in [4.78, 5) is 8.69. The minimum Gasteiger partial charge on any atom is -0.259 e. The molecule has 2 rings (SSSR count). The molecule has 0 aliphatic rings. The van der Waals surface area contributed by atoms with Crippen molar-refractivity contribution in [2.75, 3.05) is 0 Å². The second-order valence-electron chi connectivity index (χ2n) is 4.11. The molecule has 0 fully saturated rings. The van der Waals surface area contributed by atoms with Crippen molar-refractivity contribution in [3.8, 4) is 0 Å². The highest BCUT2D eigenvalue weighted by molar-refractivity contribution is 7.16. The molecule has 0 amide bonds. The fourth-order valence-electron chi connectivity index (χ4n) is 1.33. The molecule has 0 unspecified atom stereocenters. The van der Waals surface area contributed by atoms with E-state index in [4.69, 9.17) is 0 Å². The molecule has 68 valence electrons. The van der Waals surface area contributed by atoms with Crippen LogP contribution >= 0.6 is 11.3 Å². The van der Waals surface area contributed by atoms with Gasteiger partial charge in [0, 0.05) is 11.6 Å². The van der Waals surface area contributed by atoms with Gasteiger partial charge in [0.15, 0.2) is 0 Å². The van der Waals surface area contributed by atoms with E-state index in [0.29, 0.717) is 0 Å². The Labute approximate surface area is 81.7 Å². The standard InChI is InChI=1S/C10H12N2S/c1-10(2,3)9-8-7(4-5-11-9)12-6-13-8/h4-6H,1-3H3. The van der Waals surface area contributed by atoms with Crippen LogP contribution < -0.4 is 0 Å². The van der Waals surface area contributed by atoms with Gasteiger partial charge in [0.1, 0.15) is 0 Å². The molecule has 13 heavy (non-hydrogen) atoms. The van der Waals surface area contributed by atoms with E-state index in [2.05, 4.69) is 30.7 Å². The Morgan fingerprint density at radius 1 is 1.23 bits per heavy atom. The number of pyridine rings is 1. The Hall–Kier alpha value is -0.960. The number of rotatable bonds is 0. The highest BCUT2D eigenvalue weighted by atomic mass is 32.1. The predicted molar refractivity (Wildman–Crippen MR) is 56.1 cm³/mol. The fourth-order valence-corrected chi connectivity index (χ4v) is 2.31. The lowest BCUT2D eigenvalue weighted by atomic mass is 9.91. The zero-order valence-electron chi connectivity index (χ0n) is 8.03. The van der Waals surface area contributed by atoms with E-state index < -0.39 is 0 Å². The fraction of sp³-hybridized carbons (Fsp3) is 0.400. The van der Waals surface area contributed by atoms with Crippen molar-refractivity contribution >= 4 is 21.6 Å². The molecular formula is C10H12N2S. The van der Waals surface area contributed by atoms with Crippen LogP contribution in [0.5, 0.6) is 0 Å². The normalized spacial score (nSPS) is 12.2. The van der Waals surface area contributed by atoms with Crippen LogP contribution in [0.4, 0.5) is 0 Å². The van der Waals surface area contributed by atoms with Gasteiger partial charge in [0.05, 0.1) is 21.4 Å². The second kappa shape index (κ2) is 2.77. The molecule has 0 N–H and O–H groups in total. The first-order chi connectivity index (χ1) is 6.09. The smallest absolute Gasteiger partial charge is 0.0846 e. The van der Waals surface area contributed by atoms with Gasteiger partial charge in [-0.25, -0.2) is 4.98 Å². The molecule has 0 saturated carbocycles. The van der Waals surface area contributed by atoms with E-state index >= 15 is 0 Å². The zero-order valence-corrected chi connectivity index (χ0v) is 8.85. The van der Waals surface area contributed by atoms with Gasteiger partial charge >= 0.3 is 0 Å². The molecular weight excluding hydrogens is 180 g/mol. The van der Waals surface area contributed by atoms with Gasteiger partial charge in [0.2, 0.25) is 0 Å². The molecule has 0 spiro atoms. The third kappa shape index (κ3) is 1.44.